The van der Waals surface area contributed by atoms with Crippen molar-refractivity contribution >= 4 is 39.1 Å². The van der Waals surface area contributed by atoms with E-state index in [9.17, 15) is 5.11 Å². The summed E-state index contributed by atoms with van der Waals surface area (Å²) in [7, 11) is 2.06. The molecule has 1 aromatic heterocycles. The second-order valence-corrected chi connectivity index (χ2v) is 11.2. The number of benzene rings is 3. The first-order valence-electron chi connectivity index (χ1n) is 13.2. The van der Waals surface area contributed by atoms with Crippen molar-refractivity contribution < 1.29 is 14.2 Å². The average Bonchev–Trinajstić information content (AvgIpc) is 3.24. The molecule has 3 aliphatic heterocycles. The van der Waals surface area contributed by atoms with E-state index in [1.165, 1.54) is 0 Å². The summed E-state index contributed by atoms with van der Waals surface area (Å²) in [6, 6.07) is 13.8. The zero-order chi connectivity index (χ0) is 26.0. The molecule has 38 heavy (non-hydrogen) atoms. The van der Waals surface area contributed by atoms with Gasteiger partial charge in [-0.05, 0) is 67.4 Å². The van der Waals surface area contributed by atoms with Crippen LogP contribution in [-0.2, 0) is 0 Å². The van der Waals surface area contributed by atoms with Crippen molar-refractivity contribution in [1.82, 2.24) is 20.2 Å². The molecule has 3 saturated heterocycles. The van der Waals surface area contributed by atoms with E-state index in [0.29, 0.717) is 41.5 Å². The number of hydrogen-bond donors (Lipinski definition) is 2. The summed E-state index contributed by atoms with van der Waals surface area (Å²) in [6.45, 7) is 3.06. The maximum absolute atomic E-state index is 16.6. The van der Waals surface area contributed by atoms with Gasteiger partial charge in [0.25, 0.3) is 0 Å². The standard InChI is InChI=1S/C29H29ClFN5O2/c1-35-9-8-19(35)15-38-29-33-27-23(28(34-29)36-13-17-6-7-18(14-36)32-17)12-24(30)25(26(27)31)22-11-20(37)10-16-4-2-3-5-21(16)22/h2-5,10-12,17-19,32,37H,6-9,13-15H2,1H3/t17?,18?,19-/m0/s1. The fourth-order valence-electron chi connectivity index (χ4n) is 6.14. The monoisotopic (exact) mass is 533 g/mol. The van der Waals surface area contributed by atoms with E-state index in [1.54, 1.807) is 18.2 Å². The molecule has 3 atom stereocenters. The van der Waals surface area contributed by atoms with Crippen molar-refractivity contribution in [3.8, 4) is 22.9 Å². The predicted molar refractivity (Wildman–Crippen MR) is 148 cm³/mol. The molecular weight excluding hydrogens is 505 g/mol. The van der Waals surface area contributed by atoms with Gasteiger partial charge >= 0.3 is 6.01 Å². The molecule has 0 amide bonds. The first-order valence-corrected chi connectivity index (χ1v) is 13.6. The van der Waals surface area contributed by atoms with E-state index >= 15 is 4.39 Å². The summed E-state index contributed by atoms with van der Waals surface area (Å²) in [5.41, 5.74) is 0.898. The number of hydrogen-bond acceptors (Lipinski definition) is 7. The van der Waals surface area contributed by atoms with E-state index < -0.39 is 5.82 Å². The second kappa shape index (κ2) is 9.22. The van der Waals surface area contributed by atoms with Crippen LogP contribution in [0.2, 0.25) is 5.02 Å². The van der Waals surface area contributed by atoms with Gasteiger partial charge in [0.15, 0.2) is 5.82 Å². The molecule has 4 heterocycles. The predicted octanol–water partition coefficient (Wildman–Crippen LogP) is 4.97. The van der Waals surface area contributed by atoms with Gasteiger partial charge in [-0.3, -0.25) is 4.90 Å². The zero-order valence-corrected chi connectivity index (χ0v) is 21.9. The second-order valence-electron chi connectivity index (χ2n) is 10.8. The summed E-state index contributed by atoms with van der Waals surface area (Å²) in [6.07, 6.45) is 3.29. The van der Waals surface area contributed by atoms with Crippen LogP contribution in [0.1, 0.15) is 19.3 Å². The van der Waals surface area contributed by atoms with Crippen molar-refractivity contribution in [2.75, 3.05) is 38.2 Å². The molecule has 7 nitrogen and oxygen atoms in total. The molecule has 3 aliphatic rings. The SMILES string of the molecule is CN1CC[C@H]1COc1nc(N2CC3CCC(C2)N3)c2cc(Cl)c(-c3cc(O)cc4ccccc34)c(F)c2n1. The highest BCUT2D eigenvalue weighted by atomic mass is 35.5. The van der Waals surface area contributed by atoms with Crippen LogP contribution in [-0.4, -0.2) is 71.4 Å². The number of phenolic OH excluding ortho intramolecular Hbond substituents is 1. The fourth-order valence-corrected chi connectivity index (χ4v) is 6.43. The molecule has 7 rings (SSSR count). The fraction of sp³-hybridized carbons (Fsp3) is 0.379. The van der Waals surface area contributed by atoms with Crippen LogP contribution < -0.4 is 15.0 Å². The number of halogens is 2. The quantitative estimate of drug-likeness (QED) is 0.375. The number of fused-ring (bicyclic) bond motifs is 4. The van der Waals surface area contributed by atoms with Crippen molar-refractivity contribution in [2.45, 2.75) is 37.4 Å². The van der Waals surface area contributed by atoms with E-state index in [4.69, 9.17) is 21.3 Å². The molecule has 2 unspecified atom stereocenters. The Labute approximate surface area is 225 Å². The number of piperazine rings is 1. The van der Waals surface area contributed by atoms with E-state index in [0.717, 1.165) is 49.7 Å². The van der Waals surface area contributed by atoms with Gasteiger partial charge < -0.3 is 20.1 Å². The van der Waals surface area contributed by atoms with Crippen molar-refractivity contribution in [3.63, 3.8) is 0 Å². The van der Waals surface area contributed by atoms with Gasteiger partial charge in [0.1, 0.15) is 23.7 Å². The minimum absolute atomic E-state index is 0.0440. The first-order chi connectivity index (χ1) is 18.4. The molecule has 3 aromatic carbocycles. The van der Waals surface area contributed by atoms with Gasteiger partial charge in [0.05, 0.1) is 5.02 Å². The molecule has 2 bridgehead atoms. The van der Waals surface area contributed by atoms with E-state index in [1.807, 2.05) is 24.3 Å². The Hall–Kier alpha value is -3.20. The largest absolute Gasteiger partial charge is 0.508 e. The minimum Gasteiger partial charge on any atom is -0.508 e. The molecule has 0 spiro atoms. The van der Waals surface area contributed by atoms with Gasteiger partial charge in [-0.25, -0.2) is 4.39 Å². The Kier molecular flexibility index (Phi) is 5.80. The number of anilines is 1. The molecule has 0 saturated carbocycles. The number of likely N-dealkylation sites (tertiary alicyclic amines) is 1. The first kappa shape index (κ1) is 23.9. The third-order valence-corrected chi connectivity index (χ3v) is 8.62. The lowest BCUT2D eigenvalue weighted by atomic mass is 9.96. The molecule has 4 aromatic rings. The summed E-state index contributed by atoms with van der Waals surface area (Å²) in [5.74, 6) is 0.150. The van der Waals surface area contributed by atoms with Crippen molar-refractivity contribution in [3.05, 3.63) is 53.3 Å². The lowest BCUT2D eigenvalue weighted by Crippen LogP contribution is -2.51. The Morgan fingerprint density at radius 3 is 2.61 bits per heavy atom. The van der Waals surface area contributed by atoms with Crippen LogP contribution in [0.3, 0.4) is 0 Å². The van der Waals surface area contributed by atoms with Crippen molar-refractivity contribution in [2.24, 2.45) is 0 Å². The summed E-state index contributed by atoms with van der Waals surface area (Å²) < 4.78 is 22.6. The van der Waals surface area contributed by atoms with E-state index in [2.05, 4.69) is 27.1 Å². The van der Waals surface area contributed by atoms with Gasteiger partial charge in [-0.15, -0.1) is 0 Å². The molecule has 3 fully saturated rings. The molecule has 2 N–H and O–H groups in total. The minimum atomic E-state index is -0.546. The maximum Gasteiger partial charge on any atom is 0.319 e. The van der Waals surface area contributed by atoms with Crippen LogP contribution >= 0.6 is 11.6 Å². The Morgan fingerprint density at radius 2 is 1.87 bits per heavy atom. The Morgan fingerprint density at radius 1 is 1.08 bits per heavy atom. The molecule has 0 aliphatic carbocycles. The van der Waals surface area contributed by atoms with E-state index in [-0.39, 0.29) is 27.9 Å². The highest BCUT2D eigenvalue weighted by molar-refractivity contribution is 6.35. The Balaban J connectivity index is 1.40. The number of nitrogens with zero attached hydrogens (tertiary/aromatic N) is 4. The van der Waals surface area contributed by atoms with Crippen molar-refractivity contribution in [1.29, 1.82) is 0 Å². The maximum atomic E-state index is 16.6. The zero-order valence-electron chi connectivity index (χ0n) is 21.1. The van der Waals surface area contributed by atoms with Crippen LogP contribution in [0.4, 0.5) is 10.2 Å². The number of aromatic nitrogens is 2. The average molecular weight is 534 g/mol. The normalized spacial score (nSPS) is 23.2. The number of phenols is 1. The number of rotatable bonds is 5. The lowest BCUT2D eigenvalue weighted by molar-refractivity contribution is 0.0732. The molecule has 196 valence electrons. The number of nitrogens with one attached hydrogen (secondary N) is 1. The van der Waals surface area contributed by atoms with Crippen LogP contribution in [0.15, 0.2) is 42.5 Å². The summed E-state index contributed by atoms with van der Waals surface area (Å²) in [5, 5.41) is 16.5. The Bertz CT molecular complexity index is 1550. The molecule has 0 radical (unpaired) electrons. The van der Waals surface area contributed by atoms with Crippen LogP contribution in [0, 0.1) is 5.82 Å². The summed E-state index contributed by atoms with van der Waals surface area (Å²) in [4.78, 5) is 13.8. The number of ether oxygens (including phenoxy) is 1. The number of likely N-dealkylation sites (N-methyl/N-ethyl adjacent to an activating group) is 1. The van der Waals surface area contributed by atoms with Crippen LogP contribution in [0.5, 0.6) is 11.8 Å². The molecule has 9 heteroatoms. The van der Waals surface area contributed by atoms with Gasteiger partial charge in [0, 0.05) is 42.2 Å². The molecular formula is C29H29ClFN5O2. The topological polar surface area (TPSA) is 73.8 Å². The third kappa shape index (κ3) is 4.02. The third-order valence-electron chi connectivity index (χ3n) is 8.32. The highest BCUT2D eigenvalue weighted by Gasteiger charge is 2.34. The van der Waals surface area contributed by atoms with Gasteiger partial charge in [-0.1, -0.05) is 35.9 Å². The number of aromatic hydroxyl groups is 1. The van der Waals surface area contributed by atoms with Crippen LogP contribution in [0.25, 0.3) is 32.8 Å². The van der Waals surface area contributed by atoms with Gasteiger partial charge in [0.2, 0.25) is 0 Å². The van der Waals surface area contributed by atoms with Gasteiger partial charge in [-0.2, -0.15) is 9.97 Å². The summed E-state index contributed by atoms with van der Waals surface area (Å²) >= 11 is 6.82. The highest BCUT2D eigenvalue weighted by Crippen LogP contribution is 2.43. The smallest absolute Gasteiger partial charge is 0.319 e. The lowest BCUT2D eigenvalue weighted by Gasteiger charge is -2.37.